The first kappa shape index (κ1) is 22.3. The van der Waals surface area contributed by atoms with Crippen LogP contribution in [0.4, 0.5) is 5.69 Å². The van der Waals surface area contributed by atoms with Gasteiger partial charge in [0.1, 0.15) is 0 Å². The van der Waals surface area contributed by atoms with E-state index in [1.807, 2.05) is 0 Å². The molecule has 0 radical (unpaired) electrons. The molecular weight excluding hydrogens is 430 g/mol. The van der Waals surface area contributed by atoms with Gasteiger partial charge in [-0.3, -0.25) is 25.0 Å². The molecule has 2 aromatic rings. The molecule has 2 amide bonds. The maximum Gasteiger partial charge on any atom is 0.312 e. The quantitative estimate of drug-likeness (QED) is 0.486. The normalized spacial score (nSPS) is 14.6. The third kappa shape index (κ3) is 5.42. The Balaban J connectivity index is 1.70. The van der Waals surface area contributed by atoms with Gasteiger partial charge < -0.3 is 9.47 Å². The van der Waals surface area contributed by atoms with Crippen molar-refractivity contribution in [3.8, 4) is 5.75 Å². The number of carbonyl (C=O) groups excluding carboxylic acids is 2. The van der Waals surface area contributed by atoms with Crippen LogP contribution in [0.3, 0.4) is 0 Å². The molecule has 31 heavy (non-hydrogen) atoms. The van der Waals surface area contributed by atoms with E-state index in [1.54, 1.807) is 18.2 Å². The molecule has 2 aromatic carbocycles. The van der Waals surface area contributed by atoms with E-state index in [-0.39, 0.29) is 42.5 Å². The molecule has 1 N–H and O–H groups in total. The van der Waals surface area contributed by atoms with Gasteiger partial charge in [0, 0.05) is 24.7 Å². The van der Waals surface area contributed by atoms with Crippen LogP contribution in [-0.4, -0.2) is 62.4 Å². The Labute approximate surface area is 177 Å². The Kier molecular flexibility index (Phi) is 6.95. The summed E-state index contributed by atoms with van der Waals surface area (Å²) in [6, 6.07) is 11.2. The zero-order chi connectivity index (χ0) is 22.4. The molecule has 0 spiro atoms. The lowest BCUT2D eigenvalue weighted by molar-refractivity contribution is -0.386. The number of imide groups is 1. The molecule has 0 saturated carbocycles. The smallest absolute Gasteiger partial charge is 0.312 e. The predicted molar refractivity (Wildman–Crippen MR) is 107 cm³/mol. The summed E-state index contributed by atoms with van der Waals surface area (Å²) in [5, 5.41) is 13.5. The highest BCUT2D eigenvalue weighted by Gasteiger charge is 2.29. The van der Waals surface area contributed by atoms with E-state index in [0.29, 0.717) is 0 Å². The molecule has 0 atom stereocenters. The van der Waals surface area contributed by atoms with Crippen molar-refractivity contribution in [2.24, 2.45) is 0 Å². The van der Waals surface area contributed by atoms with E-state index < -0.39 is 39.1 Å². The number of amides is 2. The summed E-state index contributed by atoms with van der Waals surface area (Å²) in [5.41, 5.74) is -0.351. The molecule has 0 aliphatic carbocycles. The molecule has 1 saturated heterocycles. The van der Waals surface area contributed by atoms with Crippen molar-refractivity contribution in [1.29, 1.82) is 0 Å². The van der Waals surface area contributed by atoms with E-state index in [4.69, 9.17) is 9.47 Å². The summed E-state index contributed by atoms with van der Waals surface area (Å²) >= 11 is 0. The van der Waals surface area contributed by atoms with Gasteiger partial charge in [-0.15, -0.1) is 0 Å². The summed E-state index contributed by atoms with van der Waals surface area (Å²) in [6.45, 7) is 0.0849. The summed E-state index contributed by atoms with van der Waals surface area (Å²) in [4.78, 5) is 34.3. The minimum absolute atomic E-state index is 0.143. The maximum absolute atomic E-state index is 12.7. The molecule has 1 aliphatic rings. The molecule has 0 bridgehead atoms. The Hall–Kier alpha value is -3.35. The molecule has 0 unspecified atom stereocenters. The molecule has 1 heterocycles. The number of hydrogen-bond acceptors (Lipinski definition) is 8. The first-order valence-corrected chi connectivity index (χ1v) is 10.6. The van der Waals surface area contributed by atoms with Crippen molar-refractivity contribution in [2.75, 3.05) is 32.9 Å². The third-order valence-electron chi connectivity index (χ3n) is 4.38. The lowest BCUT2D eigenvalue weighted by atomic mass is 10.2. The number of nitrogens with one attached hydrogen (secondary N) is 1. The molecule has 164 valence electrons. The van der Waals surface area contributed by atoms with Crippen molar-refractivity contribution < 1.29 is 32.4 Å². The summed E-state index contributed by atoms with van der Waals surface area (Å²) in [5.74, 6) is -1.75. The predicted octanol–water partition coefficient (Wildman–Crippen LogP) is 0.951. The van der Waals surface area contributed by atoms with Gasteiger partial charge in [0.15, 0.2) is 12.4 Å². The highest BCUT2D eigenvalue weighted by atomic mass is 32.2. The summed E-state index contributed by atoms with van der Waals surface area (Å²) in [6.07, 6.45) is 0. The number of nitro benzene ring substituents is 1. The highest BCUT2D eigenvalue weighted by molar-refractivity contribution is 7.89. The van der Waals surface area contributed by atoms with E-state index in [1.165, 1.54) is 22.5 Å². The molecule has 3 rings (SSSR count). The van der Waals surface area contributed by atoms with Crippen LogP contribution in [0.2, 0.25) is 0 Å². The van der Waals surface area contributed by atoms with Crippen molar-refractivity contribution >= 4 is 27.5 Å². The van der Waals surface area contributed by atoms with Crippen LogP contribution in [0.25, 0.3) is 0 Å². The number of hydrogen-bond donors (Lipinski definition) is 1. The Morgan fingerprint density at radius 2 is 1.81 bits per heavy atom. The average molecular weight is 449 g/mol. The van der Waals surface area contributed by atoms with Crippen molar-refractivity contribution in [3.05, 3.63) is 64.2 Å². The summed E-state index contributed by atoms with van der Waals surface area (Å²) < 4.78 is 36.9. The minimum atomic E-state index is -3.94. The topological polar surface area (TPSA) is 145 Å². The standard InChI is InChI=1S/C19H19N3O8S/c23-18(20-19(24)14-4-2-1-3-5-14)13-30-17-7-6-15(12-16(17)22(25)26)31(27,28)21-8-10-29-11-9-21/h1-7,12H,8-11,13H2,(H,20,23,24). The number of morpholine rings is 1. The van der Waals surface area contributed by atoms with Gasteiger partial charge in [-0.1, -0.05) is 18.2 Å². The Morgan fingerprint density at radius 3 is 2.45 bits per heavy atom. The van der Waals surface area contributed by atoms with Crippen LogP contribution >= 0.6 is 0 Å². The SMILES string of the molecule is O=C(COc1ccc(S(=O)(=O)N2CCOCC2)cc1[N+](=O)[O-])NC(=O)c1ccccc1. The number of nitro groups is 1. The molecule has 1 fully saturated rings. The van der Waals surface area contributed by atoms with E-state index in [0.717, 1.165) is 12.1 Å². The second-order valence-corrected chi connectivity index (χ2v) is 8.37. The minimum Gasteiger partial charge on any atom is -0.477 e. The highest BCUT2D eigenvalue weighted by Crippen LogP contribution is 2.31. The monoisotopic (exact) mass is 449 g/mol. The van der Waals surface area contributed by atoms with Crippen LogP contribution < -0.4 is 10.1 Å². The van der Waals surface area contributed by atoms with E-state index in [2.05, 4.69) is 5.32 Å². The largest absolute Gasteiger partial charge is 0.477 e. The average Bonchev–Trinajstić information content (AvgIpc) is 2.78. The lowest BCUT2D eigenvalue weighted by Crippen LogP contribution is -2.40. The number of benzene rings is 2. The fourth-order valence-corrected chi connectivity index (χ4v) is 4.25. The second-order valence-electron chi connectivity index (χ2n) is 6.44. The fourth-order valence-electron chi connectivity index (χ4n) is 2.83. The number of nitrogens with zero attached hydrogens (tertiary/aromatic N) is 2. The Bertz CT molecular complexity index is 1080. The molecule has 0 aromatic heterocycles. The van der Waals surface area contributed by atoms with Crippen molar-refractivity contribution in [3.63, 3.8) is 0 Å². The van der Waals surface area contributed by atoms with E-state index >= 15 is 0 Å². The number of carbonyl (C=O) groups is 2. The van der Waals surface area contributed by atoms with Crippen LogP contribution in [0.1, 0.15) is 10.4 Å². The lowest BCUT2D eigenvalue weighted by Gasteiger charge is -2.26. The van der Waals surface area contributed by atoms with Gasteiger partial charge in [-0.25, -0.2) is 8.42 Å². The summed E-state index contributed by atoms with van der Waals surface area (Å²) in [7, 11) is -3.94. The molecule has 11 nitrogen and oxygen atoms in total. The maximum atomic E-state index is 12.7. The fraction of sp³-hybridized carbons (Fsp3) is 0.263. The van der Waals surface area contributed by atoms with Gasteiger partial charge in [-0.2, -0.15) is 4.31 Å². The van der Waals surface area contributed by atoms with Gasteiger partial charge in [-0.05, 0) is 24.3 Å². The van der Waals surface area contributed by atoms with E-state index in [9.17, 15) is 28.1 Å². The molecular formula is C19H19N3O8S. The van der Waals surface area contributed by atoms with Crippen LogP contribution in [0.15, 0.2) is 53.4 Å². The van der Waals surface area contributed by atoms with Crippen LogP contribution in [0, 0.1) is 10.1 Å². The number of ether oxygens (including phenoxy) is 2. The Morgan fingerprint density at radius 1 is 1.13 bits per heavy atom. The number of sulfonamides is 1. The van der Waals surface area contributed by atoms with Crippen molar-refractivity contribution in [1.82, 2.24) is 9.62 Å². The first-order valence-electron chi connectivity index (χ1n) is 9.17. The van der Waals surface area contributed by atoms with Gasteiger partial charge >= 0.3 is 5.69 Å². The molecule has 12 heteroatoms. The van der Waals surface area contributed by atoms with Gasteiger partial charge in [0.25, 0.3) is 11.8 Å². The zero-order valence-corrected chi connectivity index (χ0v) is 17.0. The number of rotatable bonds is 7. The van der Waals surface area contributed by atoms with Crippen LogP contribution in [-0.2, 0) is 19.6 Å². The second kappa shape index (κ2) is 9.64. The van der Waals surface area contributed by atoms with Gasteiger partial charge in [0.05, 0.1) is 23.0 Å². The molecule has 1 aliphatic heterocycles. The van der Waals surface area contributed by atoms with Crippen LogP contribution in [0.5, 0.6) is 5.75 Å². The van der Waals surface area contributed by atoms with Crippen molar-refractivity contribution in [2.45, 2.75) is 4.90 Å². The third-order valence-corrected chi connectivity index (χ3v) is 6.28. The zero-order valence-electron chi connectivity index (χ0n) is 16.2. The first-order chi connectivity index (χ1) is 14.8. The van der Waals surface area contributed by atoms with Gasteiger partial charge in [0.2, 0.25) is 10.0 Å².